The van der Waals surface area contributed by atoms with Crippen molar-refractivity contribution < 1.29 is 5.11 Å². The summed E-state index contributed by atoms with van der Waals surface area (Å²) in [6.07, 6.45) is 0. The fourth-order valence-electron chi connectivity index (χ4n) is 2.42. The topological polar surface area (TPSA) is 32.3 Å². The maximum Gasteiger partial charge on any atom is 0.0879 e. The van der Waals surface area contributed by atoms with Crippen molar-refractivity contribution in [2.75, 3.05) is 11.9 Å². The fourth-order valence-corrected chi connectivity index (χ4v) is 2.82. The standard InChI is InChI=1S/C17H20BrNO/c1-13(2)17(12-20,14-7-4-3-5-8-14)19-16-10-6-9-15(18)11-16/h3-11,13,19-20H,12H2,1-2H3. The molecule has 0 fully saturated rings. The van der Waals surface area contributed by atoms with Gasteiger partial charge in [-0.25, -0.2) is 0 Å². The summed E-state index contributed by atoms with van der Waals surface area (Å²) in [6, 6.07) is 18.1. The molecule has 0 radical (unpaired) electrons. The molecule has 20 heavy (non-hydrogen) atoms. The number of anilines is 1. The van der Waals surface area contributed by atoms with Crippen LogP contribution in [0.1, 0.15) is 19.4 Å². The molecule has 2 nitrogen and oxygen atoms in total. The highest BCUT2D eigenvalue weighted by Crippen LogP contribution is 2.34. The highest BCUT2D eigenvalue weighted by atomic mass is 79.9. The van der Waals surface area contributed by atoms with Crippen LogP contribution < -0.4 is 5.32 Å². The van der Waals surface area contributed by atoms with E-state index < -0.39 is 5.54 Å². The van der Waals surface area contributed by atoms with E-state index in [4.69, 9.17) is 0 Å². The maximum atomic E-state index is 10.1. The third-order valence-electron chi connectivity index (χ3n) is 3.72. The van der Waals surface area contributed by atoms with Gasteiger partial charge < -0.3 is 10.4 Å². The average molecular weight is 334 g/mol. The Balaban J connectivity index is 2.43. The molecule has 0 heterocycles. The lowest BCUT2D eigenvalue weighted by Crippen LogP contribution is -2.44. The second-order valence-corrected chi connectivity index (χ2v) is 6.20. The summed E-state index contributed by atoms with van der Waals surface area (Å²) in [5.74, 6) is 0.244. The molecule has 1 atom stereocenters. The van der Waals surface area contributed by atoms with Gasteiger partial charge in [0, 0.05) is 10.2 Å². The van der Waals surface area contributed by atoms with E-state index >= 15 is 0 Å². The summed E-state index contributed by atoms with van der Waals surface area (Å²) in [7, 11) is 0. The predicted octanol–water partition coefficient (Wildman–Crippen LogP) is 4.40. The molecule has 2 N–H and O–H groups in total. The first-order valence-corrected chi connectivity index (χ1v) is 7.58. The molecule has 0 amide bonds. The summed E-state index contributed by atoms with van der Waals surface area (Å²) in [5, 5.41) is 13.6. The first-order valence-electron chi connectivity index (χ1n) is 6.78. The molecule has 2 aromatic rings. The number of halogens is 1. The molecule has 0 bridgehead atoms. The minimum absolute atomic E-state index is 0.0429. The maximum absolute atomic E-state index is 10.1. The van der Waals surface area contributed by atoms with Crippen molar-refractivity contribution in [2.45, 2.75) is 19.4 Å². The van der Waals surface area contributed by atoms with Crippen LogP contribution in [0, 0.1) is 5.92 Å². The summed E-state index contributed by atoms with van der Waals surface area (Å²) in [4.78, 5) is 0. The van der Waals surface area contributed by atoms with Gasteiger partial charge in [0.05, 0.1) is 12.1 Å². The summed E-state index contributed by atoms with van der Waals surface area (Å²) >= 11 is 3.48. The Morgan fingerprint density at radius 2 is 1.80 bits per heavy atom. The summed E-state index contributed by atoms with van der Waals surface area (Å²) in [6.45, 7) is 4.28. The molecule has 0 aromatic heterocycles. The zero-order valence-corrected chi connectivity index (χ0v) is 13.4. The summed E-state index contributed by atoms with van der Waals surface area (Å²) in [5.41, 5.74) is 1.60. The van der Waals surface area contributed by atoms with Gasteiger partial charge in [-0.1, -0.05) is 66.2 Å². The van der Waals surface area contributed by atoms with Crippen LogP contribution in [0.25, 0.3) is 0 Å². The Bertz CT molecular complexity index is 556. The van der Waals surface area contributed by atoms with E-state index in [-0.39, 0.29) is 12.5 Å². The molecule has 0 aliphatic heterocycles. The number of aliphatic hydroxyl groups excluding tert-OH is 1. The molecule has 106 valence electrons. The molecule has 3 heteroatoms. The Hall–Kier alpha value is -1.32. The zero-order chi connectivity index (χ0) is 14.6. The van der Waals surface area contributed by atoms with Crippen molar-refractivity contribution in [2.24, 2.45) is 5.92 Å². The summed E-state index contributed by atoms with van der Waals surface area (Å²) < 4.78 is 1.02. The SMILES string of the molecule is CC(C)C(CO)(Nc1cccc(Br)c1)c1ccccc1. The van der Waals surface area contributed by atoms with Crippen molar-refractivity contribution in [3.63, 3.8) is 0 Å². The molecule has 2 rings (SSSR count). The van der Waals surface area contributed by atoms with E-state index in [2.05, 4.69) is 47.2 Å². The van der Waals surface area contributed by atoms with E-state index in [1.165, 1.54) is 0 Å². The molecule has 0 spiro atoms. The minimum atomic E-state index is -0.484. The lowest BCUT2D eigenvalue weighted by Gasteiger charge is -2.38. The fraction of sp³-hybridized carbons (Fsp3) is 0.294. The van der Waals surface area contributed by atoms with Crippen molar-refractivity contribution >= 4 is 21.6 Å². The Morgan fingerprint density at radius 1 is 1.10 bits per heavy atom. The molecule has 1 unspecified atom stereocenters. The van der Waals surface area contributed by atoms with Crippen LogP contribution in [0.5, 0.6) is 0 Å². The molecular formula is C17H20BrNO. The molecule has 0 saturated carbocycles. The zero-order valence-electron chi connectivity index (χ0n) is 11.8. The van der Waals surface area contributed by atoms with Gasteiger partial charge in [-0.15, -0.1) is 0 Å². The van der Waals surface area contributed by atoms with Crippen LogP contribution in [0.4, 0.5) is 5.69 Å². The smallest absolute Gasteiger partial charge is 0.0879 e. The number of benzene rings is 2. The van der Waals surface area contributed by atoms with Gasteiger partial charge in [-0.05, 0) is 29.7 Å². The molecule has 0 saturated heterocycles. The minimum Gasteiger partial charge on any atom is -0.394 e. The van der Waals surface area contributed by atoms with E-state index in [0.717, 1.165) is 15.7 Å². The number of rotatable bonds is 5. The van der Waals surface area contributed by atoms with Crippen molar-refractivity contribution in [3.8, 4) is 0 Å². The van der Waals surface area contributed by atoms with Crippen LogP contribution >= 0.6 is 15.9 Å². The third kappa shape index (κ3) is 3.05. The Morgan fingerprint density at radius 3 is 2.35 bits per heavy atom. The molecule has 0 aliphatic carbocycles. The monoisotopic (exact) mass is 333 g/mol. The Kier molecular flexibility index (Phi) is 4.84. The van der Waals surface area contributed by atoms with Crippen LogP contribution in [-0.2, 0) is 5.54 Å². The number of nitrogens with one attached hydrogen (secondary N) is 1. The normalized spacial score (nSPS) is 14.1. The molecule has 0 aliphatic rings. The van der Waals surface area contributed by atoms with Crippen LogP contribution in [0.2, 0.25) is 0 Å². The van der Waals surface area contributed by atoms with Gasteiger partial charge in [0.2, 0.25) is 0 Å². The van der Waals surface area contributed by atoms with Gasteiger partial charge >= 0.3 is 0 Å². The van der Waals surface area contributed by atoms with Gasteiger partial charge in [0.25, 0.3) is 0 Å². The van der Waals surface area contributed by atoms with Gasteiger partial charge in [0.15, 0.2) is 0 Å². The van der Waals surface area contributed by atoms with Crippen LogP contribution in [0.15, 0.2) is 59.1 Å². The first-order chi connectivity index (χ1) is 9.58. The molecular weight excluding hydrogens is 314 g/mol. The first kappa shape index (κ1) is 15.1. The lowest BCUT2D eigenvalue weighted by atomic mass is 9.80. The Labute approximate surface area is 129 Å². The van der Waals surface area contributed by atoms with Crippen molar-refractivity contribution in [1.29, 1.82) is 0 Å². The third-order valence-corrected chi connectivity index (χ3v) is 4.21. The van der Waals surface area contributed by atoms with E-state index in [1.54, 1.807) is 0 Å². The highest BCUT2D eigenvalue weighted by Gasteiger charge is 2.35. The van der Waals surface area contributed by atoms with E-state index in [0.29, 0.717) is 0 Å². The predicted molar refractivity (Wildman–Crippen MR) is 87.8 cm³/mol. The van der Waals surface area contributed by atoms with E-state index in [9.17, 15) is 5.11 Å². The average Bonchev–Trinajstić information content (AvgIpc) is 2.45. The number of hydrogen-bond acceptors (Lipinski definition) is 2. The molecule has 2 aromatic carbocycles. The largest absolute Gasteiger partial charge is 0.394 e. The van der Waals surface area contributed by atoms with E-state index in [1.807, 2.05) is 42.5 Å². The van der Waals surface area contributed by atoms with Crippen LogP contribution in [0.3, 0.4) is 0 Å². The van der Waals surface area contributed by atoms with Gasteiger partial charge in [-0.2, -0.15) is 0 Å². The van der Waals surface area contributed by atoms with Crippen molar-refractivity contribution in [1.82, 2.24) is 0 Å². The van der Waals surface area contributed by atoms with Gasteiger partial charge in [-0.3, -0.25) is 0 Å². The highest BCUT2D eigenvalue weighted by molar-refractivity contribution is 9.10. The quantitative estimate of drug-likeness (QED) is 0.849. The second-order valence-electron chi connectivity index (χ2n) is 5.29. The lowest BCUT2D eigenvalue weighted by molar-refractivity contribution is 0.172. The number of hydrogen-bond donors (Lipinski definition) is 2. The van der Waals surface area contributed by atoms with Crippen LogP contribution in [-0.4, -0.2) is 11.7 Å². The van der Waals surface area contributed by atoms with Gasteiger partial charge in [0.1, 0.15) is 0 Å². The second kappa shape index (κ2) is 6.42. The van der Waals surface area contributed by atoms with Crippen molar-refractivity contribution in [3.05, 3.63) is 64.6 Å². The number of aliphatic hydroxyl groups is 1.